The standard InChI is InChI=1S/C21H32N6O2.HI/c1-5-22-19(24-14-16-27-15-6-12-25-27)23-13-11-17-7-9-18(10-8-17)26-20(28)29-21(2,3)4;/h6-10,12,15H,5,11,13-14,16H2,1-4H3,(H,26,28)(H2,22,23,24);1H. The van der Waals surface area contributed by atoms with Crippen molar-refractivity contribution in [1.82, 2.24) is 20.4 Å². The van der Waals surface area contributed by atoms with E-state index in [1.54, 1.807) is 6.20 Å². The van der Waals surface area contributed by atoms with Crippen LogP contribution < -0.4 is 16.0 Å². The van der Waals surface area contributed by atoms with E-state index in [2.05, 4.69) is 26.0 Å². The molecule has 9 heteroatoms. The second kappa shape index (κ2) is 13.1. The maximum Gasteiger partial charge on any atom is 0.412 e. The predicted octanol–water partition coefficient (Wildman–Crippen LogP) is 3.65. The van der Waals surface area contributed by atoms with Crippen molar-refractivity contribution in [2.24, 2.45) is 4.99 Å². The largest absolute Gasteiger partial charge is 0.444 e. The summed E-state index contributed by atoms with van der Waals surface area (Å²) < 4.78 is 7.13. The number of nitrogens with one attached hydrogen (secondary N) is 3. The Hall–Kier alpha value is -2.30. The van der Waals surface area contributed by atoms with Crippen molar-refractivity contribution in [2.75, 3.05) is 25.0 Å². The first-order chi connectivity index (χ1) is 13.9. The number of rotatable bonds is 8. The average molecular weight is 528 g/mol. The fourth-order valence-corrected chi connectivity index (χ4v) is 2.54. The smallest absolute Gasteiger partial charge is 0.412 e. The number of hydrogen-bond acceptors (Lipinski definition) is 4. The van der Waals surface area contributed by atoms with Gasteiger partial charge >= 0.3 is 6.09 Å². The van der Waals surface area contributed by atoms with Crippen LogP contribution in [0.4, 0.5) is 10.5 Å². The lowest BCUT2D eigenvalue weighted by atomic mass is 10.1. The van der Waals surface area contributed by atoms with Gasteiger partial charge < -0.3 is 15.4 Å². The normalized spacial score (nSPS) is 11.4. The molecule has 2 rings (SSSR count). The number of benzene rings is 1. The molecule has 0 aliphatic rings. The van der Waals surface area contributed by atoms with Crippen molar-refractivity contribution in [3.05, 3.63) is 48.3 Å². The van der Waals surface area contributed by atoms with E-state index in [0.29, 0.717) is 12.2 Å². The Bertz CT molecular complexity index is 770. The quantitative estimate of drug-likeness (QED) is 0.277. The van der Waals surface area contributed by atoms with Crippen LogP contribution in [-0.2, 0) is 17.7 Å². The van der Waals surface area contributed by atoms with E-state index < -0.39 is 11.7 Å². The summed E-state index contributed by atoms with van der Waals surface area (Å²) in [5, 5.41) is 13.5. The highest BCUT2D eigenvalue weighted by molar-refractivity contribution is 14.0. The third-order valence-corrected chi connectivity index (χ3v) is 3.81. The van der Waals surface area contributed by atoms with Crippen molar-refractivity contribution < 1.29 is 9.53 Å². The third-order valence-electron chi connectivity index (χ3n) is 3.81. The van der Waals surface area contributed by atoms with Gasteiger partial charge in [-0.3, -0.25) is 15.0 Å². The van der Waals surface area contributed by atoms with E-state index in [9.17, 15) is 4.79 Å². The van der Waals surface area contributed by atoms with Gasteiger partial charge in [-0.25, -0.2) is 4.79 Å². The summed E-state index contributed by atoms with van der Waals surface area (Å²) in [5.74, 6) is 0.794. The monoisotopic (exact) mass is 528 g/mol. The van der Waals surface area contributed by atoms with Crippen molar-refractivity contribution in [1.29, 1.82) is 0 Å². The van der Waals surface area contributed by atoms with Crippen molar-refractivity contribution >= 4 is 41.7 Å². The Morgan fingerprint density at radius 1 is 1.20 bits per heavy atom. The Kier molecular flexibility index (Phi) is 11.2. The number of amides is 1. The lowest BCUT2D eigenvalue weighted by Gasteiger charge is -2.19. The molecule has 0 saturated carbocycles. The van der Waals surface area contributed by atoms with Gasteiger partial charge in [0.25, 0.3) is 0 Å². The Labute approximate surface area is 195 Å². The van der Waals surface area contributed by atoms with Crippen LogP contribution in [-0.4, -0.2) is 47.1 Å². The summed E-state index contributed by atoms with van der Waals surface area (Å²) in [6.07, 6.45) is 4.06. The molecule has 0 aliphatic heterocycles. The summed E-state index contributed by atoms with van der Waals surface area (Å²) in [4.78, 5) is 16.4. The van der Waals surface area contributed by atoms with Crippen LogP contribution in [0.1, 0.15) is 33.3 Å². The molecular formula is C21H33IN6O2. The first kappa shape index (κ1) is 25.7. The van der Waals surface area contributed by atoms with Gasteiger partial charge in [0, 0.05) is 37.7 Å². The van der Waals surface area contributed by atoms with Gasteiger partial charge in [0.05, 0.1) is 6.54 Å². The van der Waals surface area contributed by atoms with Crippen LogP contribution in [0.3, 0.4) is 0 Å². The van der Waals surface area contributed by atoms with Crippen molar-refractivity contribution in [3.8, 4) is 0 Å². The van der Waals surface area contributed by atoms with Gasteiger partial charge in [-0.2, -0.15) is 5.10 Å². The van der Waals surface area contributed by atoms with Crippen LogP contribution in [0, 0.1) is 0 Å². The molecule has 0 radical (unpaired) electrons. The fraction of sp³-hybridized carbons (Fsp3) is 0.476. The zero-order valence-corrected chi connectivity index (χ0v) is 20.5. The maximum atomic E-state index is 11.8. The average Bonchev–Trinajstić information content (AvgIpc) is 3.15. The first-order valence-corrected chi connectivity index (χ1v) is 9.94. The molecule has 1 aromatic heterocycles. The highest BCUT2D eigenvalue weighted by atomic mass is 127. The minimum Gasteiger partial charge on any atom is -0.444 e. The molecule has 166 valence electrons. The van der Waals surface area contributed by atoms with Crippen LogP contribution in [0.5, 0.6) is 0 Å². The van der Waals surface area contributed by atoms with Gasteiger partial charge in [0.15, 0.2) is 5.96 Å². The molecule has 0 spiro atoms. The number of hydrogen-bond donors (Lipinski definition) is 3. The number of guanidine groups is 1. The lowest BCUT2D eigenvalue weighted by molar-refractivity contribution is 0.0636. The van der Waals surface area contributed by atoms with Crippen LogP contribution in [0.2, 0.25) is 0 Å². The molecule has 0 bridgehead atoms. The summed E-state index contributed by atoms with van der Waals surface area (Å²) >= 11 is 0. The molecule has 2 aromatic rings. The highest BCUT2D eigenvalue weighted by Gasteiger charge is 2.16. The molecular weight excluding hydrogens is 495 g/mol. The van der Waals surface area contributed by atoms with Crippen molar-refractivity contribution in [3.63, 3.8) is 0 Å². The van der Waals surface area contributed by atoms with Crippen LogP contribution in [0.15, 0.2) is 47.7 Å². The first-order valence-electron chi connectivity index (χ1n) is 9.94. The number of aromatic nitrogens is 2. The van der Waals surface area contributed by atoms with E-state index in [1.165, 1.54) is 0 Å². The fourth-order valence-electron chi connectivity index (χ4n) is 2.54. The second-order valence-corrected chi connectivity index (χ2v) is 7.53. The highest BCUT2D eigenvalue weighted by Crippen LogP contribution is 2.13. The zero-order chi connectivity index (χ0) is 21.1. The van der Waals surface area contributed by atoms with Gasteiger partial charge in [0.2, 0.25) is 0 Å². The minimum absolute atomic E-state index is 0. The number of halogens is 1. The predicted molar refractivity (Wildman–Crippen MR) is 132 cm³/mol. The molecule has 1 aromatic carbocycles. The summed E-state index contributed by atoms with van der Waals surface area (Å²) in [5.41, 5.74) is 1.34. The number of carbonyl (C=O) groups is 1. The Morgan fingerprint density at radius 2 is 1.93 bits per heavy atom. The second-order valence-electron chi connectivity index (χ2n) is 7.53. The van der Waals surface area contributed by atoms with E-state index in [-0.39, 0.29) is 24.0 Å². The molecule has 1 heterocycles. The Balaban J connectivity index is 0.00000450. The third kappa shape index (κ3) is 10.5. The SMILES string of the molecule is CCNC(=NCCc1ccc(NC(=O)OC(C)(C)C)cc1)NCCn1cccn1.I. The number of ether oxygens (including phenoxy) is 1. The molecule has 1 amide bonds. The summed E-state index contributed by atoms with van der Waals surface area (Å²) in [6, 6.07) is 9.63. The van der Waals surface area contributed by atoms with Gasteiger partial charge in [0.1, 0.15) is 5.60 Å². The number of nitrogens with zero attached hydrogens (tertiary/aromatic N) is 3. The molecule has 0 saturated heterocycles. The van der Waals surface area contributed by atoms with Crippen LogP contribution >= 0.6 is 24.0 Å². The molecule has 3 N–H and O–H groups in total. The van der Waals surface area contributed by atoms with E-state index in [1.807, 2.05) is 68.9 Å². The maximum absolute atomic E-state index is 11.8. The topological polar surface area (TPSA) is 92.6 Å². The van der Waals surface area contributed by atoms with E-state index >= 15 is 0 Å². The van der Waals surface area contributed by atoms with E-state index in [0.717, 1.165) is 37.6 Å². The van der Waals surface area contributed by atoms with Gasteiger partial charge in [-0.05, 0) is 57.9 Å². The lowest BCUT2D eigenvalue weighted by Crippen LogP contribution is -2.39. The zero-order valence-electron chi connectivity index (χ0n) is 18.1. The number of carbonyl (C=O) groups excluding carboxylic acids is 1. The molecule has 0 unspecified atom stereocenters. The minimum atomic E-state index is -0.515. The molecule has 30 heavy (non-hydrogen) atoms. The van der Waals surface area contributed by atoms with E-state index in [4.69, 9.17) is 4.74 Å². The van der Waals surface area contributed by atoms with Crippen LogP contribution in [0.25, 0.3) is 0 Å². The molecule has 0 aliphatic carbocycles. The summed E-state index contributed by atoms with van der Waals surface area (Å²) in [6.45, 7) is 10.6. The van der Waals surface area contributed by atoms with Gasteiger partial charge in [-0.1, -0.05) is 12.1 Å². The molecule has 8 nitrogen and oxygen atoms in total. The number of anilines is 1. The Morgan fingerprint density at radius 3 is 2.53 bits per heavy atom. The molecule has 0 fully saturated rings. The van der Waals surface area contributed by atoms with Crippen molar-refractivity contribution in [2.45, 2.75) is 46.3 Å². The van der Waals surface area contributed by atoms with Gasteiger partial charge in [-0.15, -0.1) is 24.0 Å². The number of aliphatic imine (C=N–C) groups is 1. The molecule has 0 atom stereocenters. The summed E-state index contributed by atoms with van der Waals surface area (Å²) in [7, 11) is 0.